The van der Waals surface area contributed by atoms with Gasteiger partial charge < -0.3 is 14.7 Å². The molecule has 0 spiro atoms. The molecule has 1 N–H and O–H groups in total. The summed E-state index contributed by atoms with van der Waals surface area (Å²) < 4.78 is 4.62. The first-order valence-corrected chi connectivity index (χ1v) is 9.61. The maximum Gasteiger partial charge on any atom is 0.305 e. The van der Waals surface area contributed by atoms with Crippen LogP contribution in [0, 0.1) is 17.8 Å². The molecule has 1 aliphatic rings. The standard InChI is InChI=1S/C21H33NO4/c1-4-5-10-17(2)19(23)14-12-18-13-15-20(24)22(18)16-9-7-6-8-11-21(25)26-3/h12,14,17-19,23H,6-11,13,15-16H2,1-3H3/b14-12+/t17-,18-,19+/m0/s1. The van der Waals surface area contributed by atoms with Crippen molar-refractivity contribution in [3.63, 3.8) is 0 Å². The predicted molar refractivity (Wildman–Crippen MR) is 102 cm³/mol. The fraction of sp³-hybridized carbons (Fsp3) is 0.714. The van der Waals surface area contributed by atoms with Crippen LogP contribution >= 0.6 is 0 Å². The van der Waals surface area contributed by atoms with Gasteiger partial charge in [-0.2, -0.15) is 0 Å². The number of esters is 1. The Balaban J connectivity index is 2.36. The van der Waals surface area contributed by atoms with E-state index < -0.39 is 6.10 Å². The third-order valence-electron chi connectivity index (χ3n) is 4.85. The highest BCUT2D eigenvalue weighted by Crippen LogP contribution is 2.21. The van der Waals surface area contributed by atoms with Crippen LogP contribution in [0.1, 0.15) is 65.2 Å². The Morgan fingerprint density at radius 3 is 2.81 bits per heavy atom. The summed E-state index contributed by atoms with van der Waals surface area (Å²) in [4.78, 5) is 25.1. The second kappa shape index (κ2) is 12.5. The molecule has 0 saturated carbocycles. The zero-order valence-electron chi connectivity index (χ0n) is 16.4. The van der Waals surface area contributed by atoms with E-state index >= 15 is 0 Å². The van der Waals surface area contributed by atoms with E-state index in [0.29, 0.717) is 19.3 Å². The fourth-order valence-corrected chi connectivity index (χ4v) is 3.07. The number of nitrogens with zero attached hydrogens (tertiary/aromatic N) is 1. The Hall–Kier alpha value is -1.80. The third-order valence-corrected chi connectivity index (χ3v) is 4.85. The molecule has 0 aromatic rings. The molecule has 0 unspecified atom stereocenters. The molecular formula is C21H33NO4. The third kappa shape index (κ3) is 8.05. The van der Waals surface area contributed by atoms with Gasteiger partial charge in [-0.15, -0.1) is 11.8 Å². The monoisotopic (exact) mass is 363 g/mol. The summed E-state index contributed by atoms with van der Waals surface area (Å²) in [6, 6.07) is 0.0803. The summed E-state index contributed by atoms with van der Waals surface area (Å²) in [5.41, 5.74) is 0. The average Bonchev–Trinajstić information content (AvgIpc) is 2.99. The molecule has 1 heterocycles. The molecule has 0 radical (unpaired) electrons. The van der Waals surface area contributed by atoms with Crippen molar-refractivity contribution in [3.05, 3.63) is 12.2 Å². The molecule has 1 amide bonds. The van der Waals surface area contributed by atoms with E-state index in [0.717, 1.165) is 38.6 Å². The number of unbranched alkanes of at least 4 members (excludes halogenated alkanes) is 3. The first kappa shape index (κ1) is 22.2. The molecule has 0 aromatic heterocycles. The number of methoxy groups -OCH3 is 1. The lowest BCUT2D eigenvalue weighted by atomic mass is 10.00. The highest BCUT2D eigenvalue weighted by atomic mass is 16.5. The molecule has 1 aliphatic heterocycles. The number of aliphatic hydroxyl groups excluding tert-OH is 1. The minimum atomic E-state index is -0.535. The van der Waals surface area contributed by atoms with Crippen molar-refractivity contribution in [2.24, 2.45) is 5.92 Å². The van der Waals surface area contributed by atoms with Crippen molar-refractivity contribution in [1.29, 1.82) is 0 Å². The van der Waals surface area contributed by atoms with Crippen LogP contribution in [-0.4, -0.2) is 47.7 Å². The lowest BCUT2D eigenvalue weighted by Gasteiger charge is -2.23. The van der Waals surface area contributed by atoms with Crippen LogP contribution in [0.4, 0.5) is 0 Å². The molecule has 0 aliphatic carbocycles. The topological polar surface area (TPSA) is 66.8 Å². The maximum absolute atomic E-state index is 12.1. The van der Waals surface area contributed by atoms with Crippen LogP contribution in [0.5, 0.6) is 0 Å². The molecule has 5 heteroatoms. The summed E-state index contributed by atoms with van der Waals surface area (Å²) in [7, 11) is 1.41. The largest absolute Gasteiger partial charge is 0.469 e. The van der Waals surface area contributed by atoms with E-state index in [2.05, 4.69) is 16.6 Å². The van der Waals surface area contributed by atoms with Crippen LogP contribution in [-0.2, 0) is 14.3 Å². The maximum atomic E-state index is 12.1. The first-order valence-electron chi connectivity index (χ1n) is 9.61. The van der Waals surface area contributed by atoms with Gasteiger partial charge in [0.25, 0.3) is 0 Å². The normalized spacial score (nSPS) is 19.3. The van der Waals surface area contributed by atoms with Crippen LogP contribution in [0.25, 0.3) is 0 Å². The van der Waals surface area contributed by atoms with Gasteiger partial charge in [-0.1, -0.05) is 31.9 Å². The average molecular weight is 363 g/mol. The van der Waals surface area contributed by atoms with Gasteiger partial charge in [0.05, 0.1) is 19.3 Å². The van der Waals surface area contributed by atoms with E-state index in [1.54, 1.807) is 6.92 Å². The highest BCUT2D eigenvalue weighted by molar-refractivity contribution is 5.79. The van der Waals surface area contributed by atoms with Crippen molar-refractivity contribution >= 4 is 11.9 Å². The number of hydrogen-bond acceptors (Lipinski definition) is 4. The van der Waals surface area contributed by atoms with Gasteiger partial charge in [0.2, 0.25) is 5.91 Å². The van der Waals surface area contributed by atoms with Crippen LogP contribution < -0.4 is 0 Å². The number of rotatable bonds is 11. The summed E-state index contributed by atoms with van der Waals surface area (Å²) >= 11 is 0. The van der Waals surface area contributed by atoms with E-state index in [9.17, 15) is 14.7 Å². The van der Waals surface area contributed by atoms with E-state index in [4.69, 9.17) is 0 Å². The number of hydrogen-bond donors (Lipinski definition) is 1. The number of likely N-dealkylation sites (tertiary alicyclic amines) is 1. The van der Waals surface area contributed by atoms with Crippen molar-refractivity contribution in [3.8, 4) is 11.8 Å². The van der Waals surface area contributed by atoms with Gasteiger partial charge in [-0.05, 0) is 32.1 Å². The molecule has 0 aromatic carbocycles. The number of ether oxygens (including phenoxy) is 1. The molecule has 146 valence electrons. The van der Waals surface area contributed by atoms with Gasteiger partial charge in [0, 0.05) is 25.8 Å². The minimum Gasteiger partial charge on any atom is -0.469 e. The molecule has 0 bridgehead atoms. The van der Waals surface area contributed by atoms with Crippen LogP contribution in [0.15, 0.2) is 12.2 Å². The van der Waals surface area contributed by atoms with Crippen molar-refractivity contribution < 1.29 is 19.4 Å². The van der Waals surface area contributed by atoms with E-state index in [1.165, 1.54) is 7.11 Å². The van der Waals surface area contributed by atoms with Crippen molar-refractivity contribution in [1.82, 2.24) is 4.90 Å². The van der Waals surface area contributed by atoms with Gasteiger partial charge in [-0.25, -0.2) is 0 Å². The van der Waals surface area contributed by atoms with Crippen molar-refractivity contribution in [2.45, 2.75) is 77.4 Å². The lowest BCUT2D eigenvalue weighted by molar-refractivity contribution is -0.140. The quantitative estimate of drug-likeness (QED) is 0.265. The number of carbonyl (C=O) groups is 2. The smallest absolute Gasteiger partial charge is 0.305 e. The molecule has 1 saturated heterocycles. The number of amides is 1. The molecule has 26 heavy (non-hydrogen) atoms. The predicted octanol–water partition coefficient (Wildman–Crippen LogP) is 3.07. The summed E-state index contributed by atoms with van der Waals surface area (Å²) in [5.74, 6) is 5.94. The van der Waals surface area contributed by atoms with Gasteiger partial charge in [-0.3, -0.25) is 9.59 Å². The number of aliphatic hydroxyl groups is 1. The Morgan fingerprint density at radius 2 is 2.12 bits per heavy atom. The Bertz CT molecular complexity index is 532. The van der Waals surface area contributed by atoms with Gasteiger partial charge >= 0.3 is 5.97 Å². The van der Waals surface area contributed by atoms with Crippen molar-refractivity contribution in [2.75, 3.05) is 13.7 Å². The SMILES string of the molecule is CC#CC[C@H](C)[C@H](O)/C=C/[C@H]1CCC(=O)N1CCCCCCC(=O)OC. The zero-order chi connectivity index (χ0) is 19.4. The van der Waals surface area contributed by atoms with Gasteiger partial charge in [0.15, 0.2) is 0 Å². The summed E-state index contributed by atoms with van der Waals surface area (Å²) in [6.07, 6.45) is 9.49. The van der Waals surface area contributed by atoms with Gasteiger partial charge in [0.1, 0.15) is 0 Å². The molecule has 1 rings (SSSR count). The number of carbonyl (C=O) groups excluding carboxylic acids is 2. The lowest BCUT2D eigenvalue weighted by Crippen LogP contribution is -2.33. The Kier molecular flexibility index (Phi) is 10.7. The molecule has 3 atom stereocenters. The van der Waals surface area contributed by atoms with E-state index in [1.807, 2.05) is 24.0 Å². The minimum absolute atomic E-state index is 0.0803. The van der Waals surface area contributed by atoms with E-state index in [-0.39, 0.29) is 23.8 Å². The van der Waals surface area contributed by atoms with Crippen LogP contribution in [0.3, 0.4) is 0 Å². The Labute approximate surface area is 157 Å². The second-order valence-electron chi connectivity index (χ2n) is 6.92. The molecular weight excluding hydrogens is 330 g/mol. The Morgan fingerprint density at radius 1 is 1.38 bits per heavy atom. The zero-order valence-corrected chi connectivity index (χ0v) is 16.4. The first-order chi connectivity index (χ1) is 12.5. The highest BCUT2D eigenvalue weighted by Gasteiger charge is 2.28. The molecule has 5 nitrogen and oxygen atoms in total. The summed E-state index contributed by atoms with van der Waals surface area (Å²) in [5, 5.41) is 10.2. The molecule has 1 fully saturated rings. The second-order valence-corrected chi connectivity index (χ2v) is 6.92. The fourth-order valence-electron chi connectivity index (χ4n) is 3.07. The van der Waals surface area contributed by atoms with Crippen LogP contribution in [0.2, 0.25) is 0 Å². The summed E-state index contributed by atoms with van der Waals surface area (Å²) in [6.45, 7) is 4.51.